The van der Waals surface area contributed by atoms with Crippen molar-refractivity contribution >= 4 is 6.16 Å². The van der Waals surface area contributed by atoms with Gasteiger partial charge in [-0.25, -0.2) is 18.0 Å². The molecular weight excluding hydrogens is 153 g/mol. The fourth-order valence-corrected chi connectivity index (χ4v) is 0.0292. The number of allylic oxidation sites excluding steroid dienone is 1. The van der Waals surface area contributed by atoms with Crippen molar-refractivity contribution in [2.24, 2.45) is 0 Å². The van der Waals surface area contributed by atoms with E-state index >= 15 is 0 Å². The fraction of sp³-hybridized carbons (Fsp3) is 0.250. The van der Waals surface area contributed by atoms with Gasteiger partial charge in [0.05, 0.1) is 0 Å². The Morgan fingerprint density at radius 1 is 1.50 bits per heavy atom. The molecule has 2 N–H and O–H groups in total. The molecule has 0 bridgehead atoms. The van der Waals surface area contributed by atoms with Gasteiger partial charge in [0.25, 0.3) is 0 Å². The predicted octanol–water partition coefficient (Wildman–Crippen LogP) is 1.96. The molecule has 0 saturated heterocycles. The Bertz CT molecular complexity index is 119. The van der Waals surface area contributed by atoms with Gasteiger partial charge in [-0.2, -0.15) is 0 Å². The lowest BCUT2D eigenvalue weighted by atomic mass is 10.7. The standard InChI is InChI=1S/C3H3F3.CH2O3/c4-1-3(6)2-5;2-1(3)4/h1H,2H2;(H2,2,3,4). The van der Waals surface area contributed by atoms with Gasteiger partial charge in [0.2, 0.25) is 0 Å². The second-order valence-electron chi connectivity index (χ2n) is 0.972. The van der Waals surface area contributed by atoms with Gasteiger partial charge in [0.1, 0.15) is 13.0 Å². The van der Waals surface area contributed by atoms with Crippen molar-refractivity contribution in [2.75, 3.05) is 6.67 Å². The molecule has 0 aliphatic heterocycles. The molecule has 3 nitrogen and oxygen atoms in total. The van der Waals surface area contributed by atoms with Crippen LogP contribution in [0.1, 0.15) is 0 Å². The van der Waals surface area contributed by atoms with E-state index in [1.54, 1.807) is 0 Å². The second kappa shape index (κ2) is 7.80. The number of hydrogen-bond donors (Lipinski definition) is 2. The Morgan fingerprint density at radius 2 is 1.80 bits per heavy atom. The van der Waals surface area contributed by atoms with Gasteiger partial charge in [-0.3, -0.25) is 0 Å². The quantitative estimate of drug-likeness (QED) is 0.613. The molecule has 0 fully saturated rings. The first-order chi connectivity index (χ1) is 4.54. The summed E-state index contributed by atoms with van der Waals surface area (Å²) in [7, 11) is 0. The highest BCUT2D eigenvalue weighted by atomic mass is 19.2. The van der Waals surface area contributed by atoms with Crippen LogP contribution in [-0.2, 0) is 0 Å². The molecule has 60 valence electrons. The van der Waals surface area contributed by atoms with Crippen LogP contribution in [0.2, 0.25) is 0 Å². The second-order valence-corrected chi connectivity index (χ2v) is 0.972. The molecule has 0 rings (SSSR count). The van der Waals surface area contributed by atoms with Crippen molar-refractivity contribution in [3.05, 3.63) is 12.2 Å². The summed E-state index contributed by atoms with van der Waals surface area (Å²) in [4.78, 5) is 8.56. The average molecular weight is 158 g/mol. The molecule has 0 aromatic carbocycles. The fourth-order valence-electron chi connectivity index (χ4n) is 0.0292. The number of carbonyl (C=O) groups is 1. The van der Waals surface area contributed by atoms with Gasteiger partial charge >= 0.3 is 6.16 Å². The van der Waals surface area contributed by atoms with Crippen LogP contribution in [0.25, 0.3) is 0 Å². The van der Waals surface area contributed by atoms with E-state index in [1.807, 2.05) is 0 Å². The molecule has 0 radical (unpaired) electrons. The minimum Gasteiger partial charge on any atom is -0.450 e. The maximum atomic E-state index is 11.0. The van der Waals surface area contributed by atoms with E-state index < -0.39 is 25.0 Å². The molecular formula is C4H5F3O3. The van der Waals surface area contributed by atoms with Crippen molar-refractivity contribution in [3.8, 4) is 0 Å². The smallest absolute Gasteiger partial charge is 0.450 e. The molecule has 0 unspecified atom stereocenters. The number of rotatable bonds is 1. The van der Waals surface area contributed by atoms with E-state index in [0.717, 1.165) is 0 Å². The molecule has 0 heterocycles. The third-order valence-corrected chi connectivity index (χ3v) is 0.246. The van der Waals surface area contributed by atoms with E-state index in [1.165, 1.54) is 0 Å². The minimum atomic E-state index is -1.83. The summed E-state index contributed by atoms with van der Waals surface area (Å²) >= 11 is 0. The molecule has 10 heavy (non-hydrogen) atoms. The topological polar surface area (TPSA) is 57.5 Å². The van der Waals surface area contributed by atoms with Crippen LogP contribution in [0, 0.1) is 0 Å². The van der Waals surface area contributed by atoms with Crippen molar-refractivity contribution < 1.29 is 28.2 Å². The normalized spacial score (nSPS) is 9.70. The SMILES string of the molecule is FC=C(F)CF.O=C(O)O. The monoisotopic (exact) mass is 158 g/mol. The average Bonchev–Trinajstić information content (AvgIpc) is 1.85. The molecule has 0 aliphatic carbocycles. The minimum absolute atomic E-state index is 0.403. The summed E-state index contributed by atoms with van der Waals surface area (Å²) in [6.07, 6.45) is -2.24. The molecule has 0 saturated carbocycles. The third kappa shape index (κ3) is 29.2. The zero-order valence-corrected chi connectivity index (χ0v) is 4.72. The molecule has 0 spiro atoms. The van der Waals surface area contributed by atoms with Gasteiger partial charge in [0.15, 0.2) is 5.83 Å². The summed E-state index contributed by atoms with van der Waals surface area (Å²) in [6, 6.07) is 0. The maximum absolute atomic E-state index is 11.0. The summed E-state index contributed by atoms with van der Waals surface area (Å²) in [5.74, 6) is -1.37. The highest BCUT2D eigenvalue weighted by Gasteiger charge is 1.86. The number of hydrogen-bond acceptors (Lipinski definition) is 1. The molecule has 6 heteroatoms. The van der Waals surface area contributed by atoms with E-state index in [2.05, 4.69) is 0 Å². The molecule has 0 aliphatic rings. The zero-order valence-electron chi connectivity index (χ0n) is 4.72. The third-order valence-electron chi connectivity index (χ3n) is 0.246. The highest BCUT2D eigenvalue weighted by Crippen LogP contribution is 1.94. The highest BCUT2D eigenvalue weighted by molar-refractivity contribution is 5.53. The maximum Gasteiger partial charge on any atom is 0.503 e. The van der Waals surface area contributed by atoms with E-state index in [9.17, 15) is 13.2 Å². The first-order valence-electron chi connectivity index (χ1n) is 1.97. The number of halogens is 3. The van der Waals surface area contributed by atoms with Crippen molar-refractivity contribution in [2.45, 2.75) is 0 Å². The first-order valence-corrected chi connectivity index (χ1v) is 1.97. The van der Waals surface area contributed by atoms with Crippen LogP contribution < -0.4 is 0 Å². The lowest BCUT2D eigenvalue weighted by molar-refractivity contribution is 0.137. The zero-order chi connectivity index (χ0) is 8.57. The molecule has 0 atom stereocenters. The number of alkyl halides is 1. The Hall–Kier alpha value is -1.20. The van der Waals surface area contributed by atoms with Gasteiger partial charge in [0, 0.05) is 0 Å². The predicted molar refractivity (Wildman–Crippen MR) is 26.9 cm³/mol. The van der Waals surface area contributed by atoms with Crippen LogP contribution in [0.5, 0.6) is 0 Å². The van der Waals surface area contributed by atoms with Gasteiger partial charge < -0.3 is 10.2 Å². The first kappa shape index (κ1) is 11.6. The van der Waals surface area contributed by atoms with Gasteiger partial charge in [-0.05, 0) is 0 Å². The Morgan fingerprint density at radius 3 is 1.80 bits per heavy atom. The summed E-state index contributed by atoms with van der Waals surface area (Å²) < 4.78 is 32.3. The van der Waals surface area contributed by atoms with Crippen LogP contribution in [0.4, 0.5) is 18.0 Å². The summed E-state index contributed by atoms with van der Waals surface area (Å²) in [5, 5.41) is 13.9. The number of carboxylic acid groups (broad SMARTS) is 2. The van der Waals surface area contributed by atoms with E-state index in [-0.39, 0.29) is 0 Å². The lowest BCUT2D eigenvalue weighted by Crippen LogP contribution is -1.81. The van der Waals surface area contributed by atoms with Crippen LogP contribution in [0.15, 0.2) is 12.2 Å². The van der Waals surface area contributed by atoms with Crippen molar-refractivity contribution in [1.82, 2.24) is 0 Å². The van der Waals surface area contributed by atoms with Crippen molar-refractivity contribution in [1.29, 1.82) is 0 Å². The largest absolute Gasteiger partial charge is 0.503 e. The Balaban J connectivity index is 0. The van der Waals surface area contributed by atoms with Gasteiger partial charge in [-0.15, -0.1) is 0 Å². The van der Waals surface area contributed by atoms with Gasteiger partial charge in [-0.1, -0.05) is 0 Å². The van der Waals surface area contributed by atoms with Crippen LogP contribution >= 0.6 is 0 Å². The Kier molecular flexibility index (Phi) is 9.03. The van der Waals surface area contributed by atoms with E-state index in [0.29, 0.717) is 0 Å². The van der Waals surface area contributed by atoms with Crippen molar-refractivity contribution in [3.63, 3.8) is 0 Å². The van der Waals surface area contributed by atoms with E-state index in [4.69, 9.17) is 15.0 Å². The molecule has 0 amide bonds. The molecule has 0 aromatic rings. The summed E-state index contributed by atoms with van der Waals surface area (Å²) in [6.45, 7) is -1.35. The van der Waals surface area contributed by atoms with Crippen LogP contribution in [0.3, 0.4) is 0 Å². The van der Waals surface area contributed by atoms with Crippen LogP contribution in [-0.4, -0.2) is 23.0 Å². The Labute approximate surface area is 54.4 Å². The lowest BCUT2D eigenvalue weighted by Gasteiger charge is -1.74. The summed E-state index contributed by atoms with van der Waals surface area (Å²) in [5.41, 5.74) is 0. The molecule has 0 aromatic heterocycles.